The summed E-state index contributed by atoms with van der Waals surface area (Å²) in [7, 11) is -4.16. The predicted octanol–water partition coefficient (Wildman–Crippen LogP) is 6.56. The number of carbonyl (C=O) groups is 2. The Morgan fingerprint density at radius 2 is 1.38 bits per heavy atom. The van der Waals surface area contributed by atoms with E-state index in [9.17, 15) is 18.0 Å². The molecule has 0 heterocycles. The molecule has 4 aromatic rings. The minimum atomic E-state index is -4.16. The summed E-state index contributed by atoms with van der Waals surface area (Å²) in [6.07, 6.45) is 0.360. The third kappa shape index (κ3) is 8.95. The summed E-state index contributed by atoms with van der Waals surface area (Å²) in [5.74, 6) is 0.621. The molecule has 2 amide bonds. The van der Waals surface area contributed by atoms with Gasteiger partial charge in [-0.3, -0.25) is 13.9 Å². The zero-order valence-electron chi connectivity index (χ0n) is 26.2. The topological polar surface area (TPSA) is 96.0 Å². The second kappa shape index (κ2) is 15.4. The number of para-hydroxylation sites is 1. The number of carbonyl (C=O) groups excluding carboxylic acids is 2. The molecule has 8 nitrogen and oxygen atoms in total. The smallest absolute Gasteiger partial charge is 0.264 e. The van der Waals surface area contributed by atoms with Crippen LogP contribution in [-0.2, 0) is 26.2 Å². The lowest BCUT2D eigenvalue weighted by Crippen LogP contribution is -2.52. The maximum absolute atomic E-state index is 14.2. The fraction of sp³-hybridized carbons (Fsp3) is 0.278. The molecule has 0 spiro atoms. The second-order valence-electron chi connectivity index (χ2n) is 11.3. The first-order valence-electron chi connectivity index (χ1n) is 15.1. The molecular weight excluding hydrogens is 586 g/mol. The van der Waals surface area contributed by atoms with E-state index in [4.69, 9.17) is 4.74 Å². The van der Waals surface area contributed by atoms with Crippen LogP contribution in [0.15, 0.2) is 114 Å². The molecular formula is C36H41N3O5S. The molecule has 236 valence electrons. The molecule has 45 heavy (non-hydrogen) atoms. The van der Waals surface area contributed by atoms with Crippen LogP contribution in [0.2, 0.25) is 0 Å². The molecule has 0 radical (unpaired) electrons. The van der Waals surface area contributed by atoms with Gasteiger partial charge in [0.15, 0.2) is 0 Å². The summed E-state index contributed by atoms with van der Waals surface area (Å²) < 4.78 is 35.1. The van der Waals surface area contributed by atoms with Crippen LogP contribution in [-0.4, -0.2) is 44.3 Å². The first-order valence-corrected chi connectivity index (χ1v) is 16.6. The average Bonchev–Trinajstić information content (AvgIpc) is 3.04. The molecule has 4 aromatic carbocycles. The quantitative estimate of drug-likeness (QED) is 0.171. The highest BCUT2D eigenvalue weighted by Crippen LogP contribution is 2.28. The average molecular weight is 628 g/mol. The minimum absolute atomic E-state index is 0.0502. The number of rotatable bonds is 14. The van der Waals surface area contributed by atoms with Crippen molar-refractivity contribution in [2.24, 2.45) is 5.92 Å². The number of hydrogen-bond donors (Lipinski definition) is 1. The predicted molar refractivity (Wildman–Crippen MR) is 178 cm³/mol. The van der Waals surface area contributed by atoms with Crippen molar-refractivity contribution in [3.63, 3.8) is 0 Å². The van der Waals surface area contributed by atoms with Crippen molar-refractivity contribution in [2.45, 2.75) is 51.6 Å². The molecule has 0 bridgehead atoms. The van der Waals surface area contributed by atoms with Gasteiger partial charge in [-0.25, -0.2) is 8.42 Å². The molecule has 0 aromatic heterocycles. The fourth-order valence-corrected chi connectivity index (χ4v) is 6.22. The van der Waals surface area contributed by atoms with E-state index in [2.05, 4.69) is 5.32 Å². The van der Waals surface area contributed by atoms with Crippen LogP contribution in [0.4, 0.5) is 5.69 Å². The lowest BCUT2D eigenvalue weighted by Gasteiger charge is -2.33. The molecule has 1 N–H and O–H groups in total. The SMILES string of the molecule is CCC(C(=O)NCC(C)C)N(Cc1ccc(C)cc1)C(=O)CN(c1ccc(Oc2ccccc2)cc1)S(=O)(=O)c1ccccc1. The maximum atomic E-state index is 14.2. The number of anilines is 1. The van der Waals surface area contributed by atoms with Crippen molar-refractivity contribution in [3.05, 3.63) is 120 Å². The van der Waals surface area contributed by atoms with Gasteiger partial charge in [0, 0.05) is 13.1 Å². The van der Waals surface area contributed by atoms with Gasteiger partial charge >= 0.3 is 0 Å². The number of amides is 2. The molecule has 0 aliphatic rings. The van der Waals surface area contributed by atoms with E-state index in [1.165, 1.54) is 17.0 Å². The summed E-state index contributed by atoms with van der Waals surface area (Å²) >= 11 is 0. The highest BCUT2D eigenvalue weighted by Gasteiger charge is 2.33. The molecule has 1 unspecified atom stereocenters. The minimum Gasteiger partial charge on any atom is -0.457 e. The van der Waals surface area contributed by atoms with Gasteiger partial charge in [0.2, 0.25) is 11.8 Å². The van der Waals surface area contributed by atoms with Gasteiger partial charge < -0.3 is 15.0 Å². The Morgan fingerprint density at radius 3 is 1.96 bits per heavy atom. The van der Waals surface area contributed by atoms with Gasteiger partial charge in [0.25, 0.3) is 10.0 Å². The number of aryl methyl sites for hydroxylation is 1. The van der Waals surface area contributed by atoms with Crippen molar-refractivity contribution in [2.75, 3.05) is 17.4 Å². The first-order chi connectivity index (χ1) is 21.6. The zero-order valence-corrected chi connectivity index (χ0v) is 27.0. The first kappa shape index (κ1) is 33.3. The van der Waals surface area contributed by atoms with E-state index in [0.717, 1.165) is 15.4 Å². The molecule has 0 aliphatic heterocycles. The highest BCUT2D eigenvalue weighted by atomic mass is 32.2. The lowest BCUT2D eigenvalue weighted by molar-refractivity contribution is -0.140. The molecule has 4 rings (SSSR count). The third-order valence-electron chi connectivity index (χ3n) is 7.26. The zero-order chi connectivity index (χ0) is 32.4. The Morgan fingerprint density at radius 1 is 0.800 bits per heavy atom. The summed E-state index contributed by atoms with van der Waals surface area (Å²) in [4.78, 5) is 29.2. The van der Waals surface area contributed by atoms with Gasteiger partial charge in [-0.15, -0.1) is 0 Å². The van der Waals surface area contributed by atoms with E-state index >= 15 is 0 Å². The standard InChI is InChI=1S/C36H41N3O5S/c1-5-34(36(41)37-24-27(2)3)38(25-29-18-16-28(4)17-19-29)35(40)26-39(45(42,43)33-14-10-7-11-15-33)30-20-22-32(23-21-30)44-31-12-8-6-9-13-31/h6-23,27,34H,5,24-26H2,1-4H3,(H,37,41). The summed E-state index contributed by atoms with van der Waals surface area (Å²) in [6, 6.07) is 30.7. The largest absolute Gasteiger partial charge is 0.457 e. The molecule has 0 saturated heterocycles. The molecule has 0 aliphatic carbocycles. The van der Waals surface area contributed by atoms with E-state index in [0.29, 0.717) is 30.2 Å². The Hall–Kier alpha value is -4.63. The van der Waals surface area contributed by atoms with Crippen molar-refractivity contribution in [3.8, 4) is 11.5 Å². The Labute approximate surface area is 266 Å². The Kier molecular flexibility index (Phi) is 11.4. The molecule has 9 heteroatoms. The fourth-order valence-electron chi connectivity index (χ4n) is 4.79. The van der Waals surface area contributed by atoms with Gasteiger partial charge in [-0.05, 0) is 73.4 Å². The Balaban J connectivity index is 1.70. The van der Waals surface area contributed by atoms with Gasteiger partial charge in [0.05, 0.1) is 10.6 Å². The van der Waals surface area contributed by atoms with E-state index in [1.54, 1.807) is 42.5 Å². The van der Waals surface area contributed by atoms with Gasteiger partial charge in [-0.2, -0.15) is 0 Å². The van der Waals surface area contributed by atoms with Crippen LogP contribution in [0.1, 0.15) is 38.3 Å². The second-order valence-corrected chi connectivity index (χ2v) is 13.2. The van der Waals surface area contributed by atoms with Crippen molar-refractivity contribution in [1.82, 2.24) is 10.2 Å². The third-order valence-corrected chi connectivity index (χ3v) is 9.05. The van der Waals surface area contributed by atoms with E-state index in [-0.39, 0.29) is 23.3 Å². The number of nitrogens with zero attached hydrogens (tertiary/aromatic N) is 2. The van der Waals surface area contributed by atoms with Crippen LogP contribution in [0.5, 0.6) is 11.5 Å². The van der Waals surface area contributed by atoms with Crippen LogP contribution in [0.25, 0.3) is 0 Å². The summed E-state index contributed by atoms with van der Waals surface area (Å²) in [5, 5.41) is 2.95. The van der Waals surface area contributed by atoms with Crippen molar-refractivity contribution >= 4 is 27.5 Å². The van der Waals surface area contributed by atoms with Gasteiger partial charge in [0.1, 0.15) is 24.1 Å². The Bertz CT molecular complexity index is 1640. The number of benzene rings is 4. The molecule has 0 fully saturated rings. The maximum Gasteiger partial charge on any atom is 0.264 e. The summed E-state index contributed by atoms with van der Waals surface area (Å²) in [6.45, 7) is 7.93. The highest BCUT2D eigenvalue weighted by molar-refractivity contribution is 7.92. The summed E-state index contributed by atoms with van der Waals surface area (Å²) in [5.41, 5.74) is 2.20. The van der Waals surface area contributed by atoms with Crippen molar-refractivity contribution in [1.29, 1.82) is 0 Å². The van der Waals surface area contributed by atoms with Crippen LogP contribution in [0.3, 0.4) is 0 Å². The number of hydrogen-bond acceptors (Lipinski definition) is 5. The van der Waals surface area contributed by atoms with E-state index < -0.39 is 28.5 Å². The van der Waals surface area contributed by atoms with Crippen LogP contribution >= 0.6 is 0 Å². The van der Waals surface area contributed by atoms with Crippen LogP contribution < -0.4 is 14.4 Å². The number of ether oxygens (including phenoxy) is 1. The molecule has 1 atom stereocenters. The normalized spacial score (nSPS) is 11.9. The molecule has 0 saturated carbocycles. The number of sulfonamides is 1. The monoisotopic (exact) mass is 627 g/mol. The van der Waals surface area contributed by atoms with Gasteiger partial charge in [-0.1, -0.05) is 87.0 Å². The lowest BCUT2D eigenvalue weighted by atomic mass is 10.1. The van der Waals surface area contributed by atoms with Crippen LogP contribution in [0, 0.1) is 12.8 Å². The van der Waals surface area contributed by atoms with E-state index in [1.807, 2.05) is 82.3 Å². The number of nitrogens with one attached hydrogen (secondary N) is 1. The van der Waals surface area contributed by atoms with Crippen molar-refractivity contribution < 1.29 is 22.7 Å².